The number of rotatable bonds is 3. The number of nitrogens with one attached hydrogen (secondary N) is 1. The van der Waals surface area contributed by atoms with Crippen molar-refractivity contribution in [3.63, 3.8) is 0 Å². The van der Waals surface area contributed by atoms with Crippen LogP contribution in [-0.2, 0) is 21.7 Å². The van der Waals surface area contributed by atoms with E-state index in [1.54, 1.807) is 16.9 Å². The molecule has 0 spiro atoms. The highest BCUT2D eigenvalue weighted by molar-refractivity contribution is 5.98. The fraction of sp³-hybridized carbons (Fsp3) is 0.300. The summed E-state index contributed by atoms with van der Waals surface area (Å²) in [5, 5.41) is 2.96. The first-order chi connectivity index (χ1) is 13.6. The Morgan fingerprint density at radius 1 is 1.21 bits per heavy atom. The summed E-state index contributed by atoms with van der Waals surface area (Å²) >= 11 is 0. The summed E-state index contributed by atoms with van der Waals surface area (Å²) in [6.07, 6.45) is 3.32. The molecule has 0 bridgehead atoms. The van der Waals surface area contributed by atoms with Crippen LogP contribution in [0.3, 0.4) is 0 Å². The van der Waals surface area contributed by atoms with Gasteiger partial charge in [0, 0.05) is 24.8 Å². The van der Waals surface area contributed by atoms with Crippen LogP contribution in [0.25, 0.3) is 0 Å². The van der Waals surface area contributed by atoms with Gasteiger partial charge in [-0.3, -0.25) is 9.59 Å². The Morgan fingerprint density at radius 2 is 2.04 bits per heavy atom. The number of benzene rings is 1. The minimum atomic E-state index is -0.905. The molecule has 1 aromatic heterocycles. The van der Waals surface area contributed by atoms with Crippen LogP contribution in [-0.4, -0.2) is 53.1 Å². The molecule has 4 heterocycles. The van der Waals surface area contributed by atoms with Crippen LogP contribution in [0, 0.1) is 0 Å². The lowest BCUT2D eigenvalue weighted by molar-refractivity contribution is -0.136. The number of hydrogen-bond acceptors (Lipinski definition) is 5. The smallest absolute Gasteiger partial charge is 0.275 e. The van der Waals surface area contributed by atoms with Gasteiger partial charge in [0.05, 0.1) is 13.7 Å². The molecule has 3 aliphatic rings. The lowest BCUT2D eigenvalue weighted by Crippen LogP contribution is -2.60. The second-order valence-corrected chi connectivity index (χ2v) is 7.00. The quantitative estimate of drug-likeness (QED) is 0.862. The number of carbonyl (C=O) groups excluding carboxylic acids is 2. The molecule has 0 aliphatic carbocycles. The Kier molecular flexibility index (Phi) is 3.61. The van der Waals surface area contributed by atoms with Gasteiger partial charge in [0.1, 0.15) is 23.4 Å². The fourth-order valence-electron chi connectivity index (χ4n) is 4.37. The third-order valence-electron chi connectivity index (χ3n) is 5.70. The minimum Gasteiger partial charge on any atom is -0.497 e. The number of aromatic nitrogens is 1. The fourth-order valence-corrected chi connectivity index (χ4v) is 4.37. The zero-order valence-electron chi connectivity index (χ0n) is 15.4. The van der Waals surface area contributed by atoms with Crippen LogP contribution < -0.4 is 10.1 Å². The van der Waals surface area contributed by atoms with E-state index in [4.69, 9.17) is 9.47 Å². The van der Waals surface area contributed by atoms with Crippen LogP contribution in [0.4, 0.5) is 0 Å². The average molecular weight is 380 g/mol. The van der Waals surface area contributed by atoms with Crippen molar-refractivity contribution in [2.75, 3.05) is 26.9 Å². The Morgan fingerprint density at radius 3 is 2.75 bits per heavy atom. The first kappa shape index (κ1) is 16.7. The van der Waals surface area contributed by atoms with Gasteiger partial charge in [0.2, 0.25) is 0 Å². The first-order valence-corrected chi connectivity index (χ1v) is 9.14. The van der Waals surface area contributed by atoms with Crippen LogP contribution in [0.5, 0.6) is 5.75 Å². The summed E-state index contributed by atoms with van der Waals surface area (Å²) in [4.78, 5) is 30.1. The second-order valence-electron chi connectivity index (χ2n) is 7.00. The highest BCUT2D eigenvalue weighted by atomic mass is 16.5. The molecule has 1 atom stereocenters. The molecule has 2 aromatic rings. The number of fused-ring (bicyclic) bond motifs is 2. The van der Waals surface area contributed by atoms with Crippen LogP contribution >= 0.6 is 0 Å². The third-order valence-corrected chi connectivity index (χ3v) is 5.70. The number of methoxy groups -OCH3 is 1. The topological polar surface area (TPSA) is 76.0 Å². The Labute approximate surface area is 161 Å². The maximum Gasteiger partial charge on any atom is 0.275 e. The number of ether oxygens (including phenoxy) is 2. The number of amides is 2. The molecular formula is C20H20N4O4. The van der Waals surface area contributed by atoms with E-state index in [1.807, 2.05) is 47.2 Å². The van der Waals surface area contributed by atoms with E-state index >= 15 is 0 Å². The molecule has 8 nitrogen and oxygen atoms in total. The van der Waals surface area contributed by atoms with Gasteiger partial charge >= 0.3 is 0 Å². The van der Waals surface area contributed by atoms with Gasteiger partial charge in [-0.1, -0.05) is 12.1 Å². The molecule has 1 saturated heterocycles. The predicted molar refractivity (Wildman–Crippen MR) is 99.0 cm³/mol. The molecule has 0 saturated carbocycles. The second kappa shape index (κ2) is 6.05. The first-order valence-electron chi connectivity index (χ1n) is 9.14. The van der Waals surface area contributed by atoms with Gasteiger partial charge in [0.15, 0.2) is 12.4 Å². The van der Waals surface area contributed by atoms with Gasteiger partial charge in [-0.2, -0.15) is 0 Å². The lowest BCUT2D eigenvalue weighted by Gasteiger charge is -2.47. The molecule has 1 N–H and O–H groups in total. The summed E-state index contributed by atoms with van der Waals surface area (Å²) in [6, 6.07) is 11.2. The summed E-state index contributed by atoms with van der Waals surface area (Å²) in [5.41, 5.74) is 1.00. The van der Waals surface area contributed by atoms with Gasteiger partial charge in [-0.15, -0.1) is 0 Å². The Hall–Kier alpha value is -3.42. The van der Waals surface area contributed by atoms with Crippen LogP contribution in [0.2, 0.25) is 0 Å². The Bertz CT molecular complexity index is 980. The van der Waals surface area contributed by atoms with Crippen molar-refractivity contribution in [3.05, 3.63) is 65.8 Å². The number of hydrogen-bond donors (Lipinski definition) is 1. The van der Waals surface area contributed by atoms with Gasteiger partial charge in [-0.25, -0.2) is 0 Å². The molecule has 28 heavy (non-hydrogen) atoms. The molecule has 1 unspecified atom stereocenters. The van der Waals surface area contributed by atoms with Crippen molar-refractivity contribution in [2.45, 2.75) is 12.2 Å². The zero-order valence-corrected chi connectivity index (χ0v) is 15.4. The molecule has 3 aliphatic heterocycles. The lowest BCUT2D eigenvalue weighted by atomic mass is 9.94. The summed E-state index contributed by atoms with van der Waals surface area (Å²) in [6.45, 7) is 1.65. The van der Waals surface area contributed by atoms with Crippen molar-refractivity contribution in [3.8, 4) is 5.75 Å². The van der Waals surface area contributed by atoms with E-state index in [0.717, 1.165) is 11.3 Å². The van der Waals surface area contributed by atoms with Crippen LogP contribution in [0.15, 0.2) is 54.6 Å². The van der Waals surface area contributed by atoms with Crippen molar-refractivity contribution in [1.82, 2.24) is 19.7 Å². The molecule has 2 amide bonds. The van der Waals surface area contributed by atoms with E-state index in [1.165, 1.54) is 6.26 Å². The minimum absolute atomic E-state index is 0.0769. The third kappa shape index (κ3) is 2.17. The molecule has 1 fully saturated rings. The van der Waals surface area contributed by atoms with E-state index in [9.17, 15) is 9.59 Å². The Balaban J connectivity index is 1.66. The predicted octanol–water partition coefficient (Wildman–Crippen LogP) is 1.07. The number of carbonyl (C=O) groups is 2. The van der Waals surface area contributed by atoms with E-state index in [-0.39, 0.29) is 18.5 Å². The van der Waals surface area contributed by atoms with Gasteiger partial charge in [-0.05, 0) is 24.3 Å². The van der Waals surface area contributed by atoms with E-state index in [2.05, 4.69) is 5.32 Å². The summed E-state index contributed by atoms with van der Waals surface area (Å²) in [7, 11) is 1.61. The summed E-state index contributed by atoms with van der Waals surface area (Å²) in [5.74, 6) is 0.464. The van der Waals surface area contributed by atoms with Crippen molar-refractivity contribution in [1.29, 1.82) is 0 Å². The van der Waals surface area contributed by atoms with E-state index < -0.39 is 5.66 Å². The zero-order chi connectivity index (χ0) is 19.3. The largest absolute Gasteiger partial charge is 0.497 e. The van der Waals surface area contributed by atoms with Crippen molar-refractivity contribution in [2.24, 2.45) is 0 Å². The number of nitrogens with zero attached hydrogens (tertiary/aromatic N) is 3. The van der Waals surface area contributed by atoms with Crippen molar-refractivity contribution >= 4 is 11.8 Å². The van der Waals surface area contributed by atoms with E-state index in [0.29, 0.717) is 31.0 Å². The molecule has 0 radical (unpaired) electrons. The summed E-state index contributed by atoms with van der Waals surface area (Å²) < 4.78 is 12.4. The normalized spacial score (nSPS) is 22.9. The van der Waals surface area contributed by atoms with Gasteiger partial charge < -0.3 is 29.2 Å². The van der Waals surface area contributed by atoms with Gasteiger partial charge in [0.25, 0.3) is 11.8 Å². The maximum atomic E-state index is 13.3. The highest BCUT2D eigenvalue weighted by Gasteiger charge is 2.56. The average Bonchev–Trinajstić information content (AvgIpc) is 3.47. The maximum absolute atomic E-state index is 13.3. The standard InChI is InChI=1S/C20H20N4O4/c1-27-15-6-4-14(5-7-15)20-12-22-8-2-3-17(22)19(26)24(20)10-9-23(20)18(25)16-11-28-13-21-16/h2-8,11,21H,9-10,12-13H2,1H3. The molecule has 5 rings (SSSR count). The van der Waals surface area contributed by atoms with Crippen molar-refractivity contribution < 1.29 is 19.1 Å². The molecular weight excluding hydrogens is 360 g/mol. The molecule has 144 valence electrons. The highest BCUT2D eigenvalue weighted by Crippen LogP contribution is 2.43. The molecule has 8 heteroatoms. The SMILES string of the molecule is COc1ccc(C23Cn4cccc4C(=O)N2CCN3C(=O)C2=COCN2)cc1. The van der Waals surface area contributed by atoms with Crippen LogP contribution in [0.1, 0.15) is 16.1 Å². The monoisotopic (exact) mass is 380 g/mol. The molecule has 1 aromatic carbocycles.